The van der Waals surface area contributed by atoms with Crippen LogP contribution in [-0.2, 0) is 0 Å². The van der Waals surface area contributed by atoms with E-state index in [0.717, 1.165) is 31.6 Å². The molecule has 1 aliphatic heterocycles. The predicted molar refractivity (Wildman–Crippen MR) is 86.6 cm³/mol. The van der Waals surface area contributed by atoms with Crippen LogP contribution in [0.2, 0.25) is 0 Å². The van der Waals surface area contributed by atoms with Crippen LogP contribution in [0.3, 0.4) is 0 Å². The second-order valence-electron chi connectivity index (χ2n) is 6.45. The number of aromatic hydroxyl groups is 1. The molecule has 2 fully saturated rings. The molecule has 1 aromatic carbocycles. The zero-order valence-corrected chi connectivity index (χ0v) is 12.7. The average molecular weight is 298 g/mol. The molecular formula is C17H22N4O. The predicted octanol–water partition coefficient (Wildman–Crippen LogP) is 2.38. The van der Waals surface area contributed by atoms with E-state index < -0.39 is 0 Å². The maximum absolute atomic E-state index is 9.74. The summed E-state index contributed by atoms with van der Waals surface area (Å²) in [5, 5.41) is 14.4. The first-order valence-electron chi connectivity index (χ1n) is 8.10. The molecule has 0 bridgehead atoms. The minimum atomic E-state index is 0.278. The molecule has 1 aromatic heterocycles. The number of anilines is 1. The third-order valence-electron chi connectivity index (χ3n) is 4.70. The summed E-state index contributed by atoms with van der Waals surface area (Å²) in [5.74, 6) is 0.871. The van der Waals surface area contributed by atoms with Crippen molar-refractivity contribution in [2.45, 2.75) is 37.6 Å². The number of hydrogen-bond acceptors (Lipinski definition) is 4. The third kappa shape index (κ3) is 2.46. The van der Waals surface area contributed by atoms with Gasteiger partial charge in [0.15, 0.2) is 0 Å². The highest BCUT2D eigenvalue weighted by atomic mass is 16.3. The Morgan fingerprint density at radius 2 is 1.91 bits per heavy atom. The van der Waals surface area contributed by atoms with Crippen molar-refractivity contribution in [1.29, 1.82) is 0 Å². The lowest BCUT2D eigenvalue weighted by atomic mass is 10.1. The van der Waals surface area contributed by atoms with E-state index in [1.165, 1.54) is 24.2 Å². The van der Waals surface area contributed by atoms with Crippen molar-refractivity contribution in [3.05, 3.63) is 36.2 Å². The van der Waals surface area contributed by atoms with E-state index in [1.54, 1.807) is 12.1 Å². The molecule has 0 unspecified atom stereocenters. The Kier molecular flexibility index (Phi) is 3.30. The van der Waals surface area contributed by atoms with Crippen LogP contribution in [0.1, 0.15) is 37.3 Å². The van der Waals surface area contributed by atoms with Gasteiger partial charge in [0.1, 0.15) is 5.75 Å². The van der Waals surface area contributed by atoms with Gasteiger partial charge >= 0.3 is 0 Å². The van der Waals surface area contributed by atoms with Crippen molar-refractivity contribution in [2.24, 2.45) is 5.73 Å². The summed E-state index contributed by atoms with van der Waals surface area (Å²) in [5.41, 5.74) is 9.50. The summed E-state index contributed by atoms with van der Waals surface area (Å²) >= 11 is 0. The number of hydrogen-bond donors (Lipinski definition) is 2. The van der Waals surface area contributed by atoms with Gasteiger partial charge in [0, 0.05) is 31.1 Å². The molecule has 3 N–H and O–H groups in total. The molecule has 1 saturated heterocycles. The summed E-state index contributed by atoms with van der Waals surface area (Å²) < 4.78 is 2.00. The van der Waals surface area contributed by atoms with Gasteiger partial charge in [0.05, 0.1) is 23.3 Å². The molecule has 22 heavy (non-hydrogen) atoms. The number of phenolic OH excluding ortho intramolecular Hbond substituents is 1. The SMILES string of the molecule is NC1CCN(c2cnn(-c3cccc(O)c3)c2C2CC2)CC1. The molecule has 5 nitrogen and oxygen atoms in total. The van der Waals surface area contributed by atoms with Gasteiger partial charge in [-0.2, -0.15) is 5.10 Å². The molecule has 1 aliphatic carbocycles. The van der Waals surface area contributed by atoms with Gasteiger partial charge in [-0.1, -0.05) is 6.07 Å². The second-order valence-corrected chi connectivity index (χ2v) is 6.45. The lowest BCUT2D eigenvalue weighted by Crippen LogP contribution is -2.39. The van der Waals surface area contributed by atoms with Gasteiger partial charge in [-0.3, -0.25) is 0 Å². The monoisotopic (exact) mass is 298 g/mol. The van der Waals surface area contributed by atoms with Crippen molar-refractivity contribution in [3.63, 3.8) is 0 Å². The Morgan fingerprint density at radius 1 is 1.14 bits per heavy atom. The minimum Gasteiger partial charge on any atom is -0.508 e. The maximum Gasteiger partial charge on any atom is 0.117 e. The number of nitrogens with zero attached hydrogens (tertiary/aromatic N) is 3. The fraction of sp³-hybridized carbons (Fsp3) is 0.471. The normalized spacial score (nSPS) is 19.6. The quantitative estimate of drug-likeness (QED) is 0.913. The number of piperidine rings is 1. The summed E-state index contributed by atoms with van der Waals surface area (Å²) in [6.45, 7) is 2.01. The molecule has 2 aliphatic rings. The Hall–Kier alpha value is -2.01. The number of rotatable bonds is 3. The van der Waals surface area contributed by atoms with E-state index in [9.17, 15) is 5.11 Å². The van der Waals surface area contributed by atoms with E-state index in [2.05, 4.69) is 10.00 Å². The van der Waals surface area contributed by atoms with Crippen molar-refractivity contribution < 1.29 is 5.11 Å². The molecule has 1 saturated carbocycles. The molecule has 2 aromatic rings. The van der Waals surface area contributed by atoms with Crippen LogP contribution in [0.25, 0.3) is 5.69 Å². The highest BCUT2D eigenvalue weighted by molar-refractivity contribution is 5.56. The van der Waals surface area contributed by atoms with Crippen LogP contribution in [0.5, 0.6) is 5.75 Å². The van der Waals surface area contributed by atoms with Crippen molar-refractivity contribution in [2.75, 3.05) is 18.0 Å². The first-order chi connectivity index (χ1) is 10.7. The smallest absolute Gasteiger partial charge is 0.117 e. The summed E-state index contributed by atoms with van der Waals surface area (Å²) in [4.78, 5) is 2.42. The molecule has 0 radical (unpaired) electrons. The standard InChI is InChI=1S/C17H22N4O/c18-13-6-8-20(9-7-13)16-11-19-21(17(16)12-4-5-12)14-2-1-3-15(22)10-14/h1-3,10-13,22H,4-9,18H2. The van der Waals surface area contributed by atoms with E-state index in [-0.39, 0.29) is 5.75 Å². The molecule has 0 amide bonds. The molecule has 0 atom stereocenters. The van der Waals surface area contributed by atoms with Gasteiger partial charge in [0.25, 0.3) is 0 Å². The van der Waals surface area contributed by atoms with Crippen molar-refractivity contribution in [3.8, 4) is 11.4 Å². The molecule has 116 valence electrons. The highest BCUT2D eigenvalue weighted by Crippen LogP contribution is 2.45. The van der Waals surface area contributed by atoms with Gasteiger partial charge in [-0.15, -0.1) is 0 Å². The number of benzene rings is 1. The topological polar surface area (TPSA) is 67.3 Å². The molecule has 4 rings (SSSR count). The fourth-order valence-corrected chi connectivity index (χ4v) is 3.30. The first-order valence-corrected chi connectivity index (χ1v) is 8.10. The Morgan fingerprint density at radius 3 is 2.59 bits per heavy atom. The van der Waals surface area contributed by atoms with Gasteiger partial charge in [0.2, 0.25) is 0 Å². The first kappa shape index (κ1) is 13.6. The van der Waals surface area contributed by atoms with E-state index in [1.807, 2.05) is 23.0 Å². The van der Waals surface area contributed by atoms with Crippen molar-refractivity contribution in [1.82, 2.24) is 9.78 Å². The van der Waals surface area contributed by atoms with E-state index in [0.29, 0.717) is 12.0 Å². The average Bonchev–Trinajstić information content (AvgIpc) is 3.27. The lowest BCUT2D eigenvalue weighted by Gasteiger charge is -2.32. The second kappa shape index (κ2) is 5.32. The summed E-state index contributed by atoms with van der Waals surface area (Å²) in [6, 6.07) is 7.66. The van der Waals surface area contributed by atoms with E-state index in [4.69, 9.17) is 5.73 Å². The van der Waals surface area contributed by atoms with Crippen LogP contribution in [0, 0.1) is 0 Å². The third-order valence-corrected chi connectivity index (χ3v) is 4.70. The van der Waals surface area contributed by atoms with Crippen LogP contribution in [0.4, 0.5) is 5.69 Å². The molecule has 5 heteroatoms. The summed E-state index contributed by atoms with van der Waals surface area (Å²) in [6.07, 6.45) is 6.52. The largest absolute Gasteiger partial charge is 0.508 e. The van der Waals surface area contributed by atoms with Crippen molar-refractivity contribution >= 4 is 5.69 Å². The minimum absolute atomic E-state index is 0.278. The van der Waals surface area contributed by atoms with Gasteiger partial charge in [-0.05, 0) is 37.8 Å². The lowest BCUT2D eigenvalue weighted by molar-refractivity contribution is 0.474. The maximum atomic E-state index is 9.74. The number of phenols is 1. The van der Waals surface area contributed by atoms with E-state index >= 15 is 0 Å². The highest BCUT2D eigenvalue weighted by Gasteiger charge is 2.33. The van der Waals surface area contributed by atoms with Crippen LogP contribution in [-0.4, -0.2) is 34.0 Å². The number of aromatic nitrogens is 2. The molecule has 0 spiro atoms. The number of nitrogens with two attached hydrogens (primary N) is 1. The molecular weight excluding hydrogens is 276 g/mol. The Labute approximate surface area is 130 Å². The molecule has 2 heterocycles. The van der Waals surface area contributed by atoms with Crippen LogP contribution >= 0.6 is 0 Å². The van der Waals surface area contributed by atoms with Crippen LogP contribution in [0.15, 0.2) is 30.5 Å². The Bertz CT molecular complexity index is 669. The Balaban J connectivity index is 1.71. The zero-order chi connectivity index (χ0) is 15.1. The zero-order valence-electron chi connectivity index (χ0n) is 12.7. The fourth-order valence-electron chi connectivity index (χ4n) is 3.30. The van der Waals surface area contributed by atoms with Gasteiger partial charge in [-0.25, -0.2) is 4.68 Å². The van der Waals surface area contributed by atoms with Gasteiger partial charge < -0.3 is 15.7 Å². The van der Waals surface area contributed by atoms with Crippen LogP contribution < -0.4 is 10.6 Å². The summed E-state index contributed by atoms with van der Waals surface area (Å²) in [7, 11) is 0.